The molecule has 2 N–H and O–H groups in total. The number of ether oxygens (including phenoxy) is 1. The van der Waals surface area contributed by atoms with Gasteiger partial charge in [0.15, 0.2) is 0 Å². The summed E-state index contributed by atoms with van der Waals surface area (Å²) in [6, 6.07) is 0.761. The van der Waals surface area contributed by atoms with E-state index in [1.165, 1.54) is 25.9 Å². The molecule has 1 fully saturated rings. The van der Waals surface area contributed by atoms with Gasteiger partial charge >= 0.3 is 0 Å². The zero-order valence-corrected chi connectivity index (χ0v) is 11.5. The van der Waals surface area contributed by atoms with Crippen molar-refractivity contribution in [2.45, 2.75) is 38.3 Å². The maximum Gasteiger partial charge on any atom is 0.0616 e. The van der Waals surface area contributed by atoms with Gasteiger partial charge in [-0.1, -0.05) is 0 Å². The highest BCUT2D eigenvalue weighted by Gasteiger charge is 2.24. The van der Waals surface area contributed by atoms with Crippen molar-refractivity contribution in [3.05, 3.63) is 0 Å². The molecule has 4 heteroatoms. The summed E-state index contributed by atoms with van der Waals surface area (Å²) in [5, 5.41) is 12.6. The van der Waals surface area contributed by atoms with Crippen LogP contribution in [0.1, 0.15) is 26.2 Å². The molecule has 0 amide bonds. The van der Waals surface area contributed by atoms with Crippen molar-refractivity contribution < 1.29 is 9.84 Å². The predicted molar refractivity (Wildman–Crippen MR) is 70.2 cm³/mol. The molecule has 3 unspecified atom stereocenters. The normalized spacial score (nSPS) is 25.8. The molecule has 0 aromatic rings. The number of hydrogen-bond acceptors (Lipinski definition) is 4. The summed E-state index contributed by atoms with van der Waals surface area (Å²) in [5.41, 5.74) is 0. The second-order valence-corrected chi connectivity index (χ2v) is 5.28. The fourth-order valence-electron chi connectivity index (χ4n) is 2.69. The molecule has 17 heavy (non-hydrogen) atoms. The number of piperidine rings is 1. The van der Waals surface area contributed by atoms with Gasteiger partial charge in [-0.2, -0.15) is 0 Å². The van der Waals surface area contributed by atoms with E-state index in [0.717, 1.165) is 6.42 Å². The van der Waals surface area contributed by atoms with E-state index in [1.54, 1.807) is 7.11 Å². The van der Waals surface area contributed by atoms with Crippen molar-refractivity contribution in [1.29, 1.82) is 0 Å². The average molecular weight is 244 g/mol. The summed E-state index contributed by atoms with van der Waals surface area (Å²) in [4.78, 5) is 2.41. The Kier molecular flexibility index (Phi) is 7.04. The van der Waals surface area contributed by atoms with Crippen LogP contribution >= 0.6 is 0 Å². The number of nitrogens with zero attached hydrogens (tertiary/aromatic N) is 1. The minimum Gasteiger partial charge on any atom is -0.396 e. The van der Waals surface area contributed by atoms with Gasteiger partial charge in [0, 0.05) is 32.3 Å². The Labute approximate surface area is 105 Å². The molecule has 0 saturated carbocycles. The highest BCUT2D eigenvalue weighted by atomic mass is 16.5. The van der Waals surface area contributed by atoms with Gasteiger partial charge in [-0.05, 0) is 45.7 Å². The fraction of sp³-hybridized carbons (Fsp3) is 1.00. The van der Waals surface area contributed by atoms with Gasteiger partial charge in [0.2, 0.25) is 0 Å². The van der Waals surface area contributed by atoms with E-state index in [1.807, 2.05) is 0 Å². The lowest BCUT2D eigenvalue weighted by Gasteiger charge is -2.35. The maximum absolute atomic E-state index is 9.02. The lowest BCUT2D eigenvalue weighted by molar-refractivity contribution is 0.123. The third-order valence-electron chi connectivity index (χ3n) is 3.71. The quantitative estimate of drug-likeness (QED) is 0.692. The average Bonchev–Trinajstić information content (AvgIpc) is 2.29. The number of aliphatic hydroxyl groups excluding tert-OH is 1. The van der Waals surface area contributed by atoms with E-state index in [2.05, 4.69) is 24.2 Å². The smallest absolute Gasteiger partial charge is 0.0616 e. The molecule has 0 aliphatic carbocycles. The van der Waals surface area contributed by atoms with Gasteiger partial charge in [-0.3, -0.25) is 0 Å². The number of hydrogen-bond donors (Lipinski definition) is 2. The highest BCUT2D eigenvalue weighted by Crippen LogP contribution is 2.19. The third-order valence-corrected chi connectivity index (χ3v) is 3.71. The second kappa shape index (κ2) is 8.03. The molecule has 0 aromatic carbocycles. The first-order valence-electron chi connectivity index (χ1n) is 6.71. The second-order valence-electron chi connectivity index (χ2n) is 5.28. The van der Waals surface area contributed by atoms with E-state index in [0.29, 0.717) is 18.6 Å². The predicted octanol–water partition coefficient (Wildman–Crippen LogP) is 0.704. The first kappa shape index (κ1) is 14.9. The van der Waals surface area contributed by atoms with Crippen molar-refractivity contribution in [2.75, 3.05) is 40.5 Å². The summed E-state index contributed by atoms with van der Waals surface area (Å²) in [7, 11) is 3.91. The van der Waals surface area contributed by atoms with Crippen molar-refractivity contribution in [3.63, 3.8) is 0 Å². The van der Waals surface area contributed by atoms with E-state index < -0.39 is 0 Å². The third kappa shape index (κ3) is 5.34. The molecule has 4 nitrogen and oxygen atoms in total. The molecule has 0 radical (unpaired) electrons. The Hall–Kier alpha value is -0.160. The topological polar surface area (TPSA) is 44.7 Å². The van der Waals surface area contributed by atoms with Gasteiger partial charge < -0.3 is 20.1 Å². The Bertz CT molecular complexity index is 196. The van der Waals surface area contributed by atoms with Crippen LogP contribution in [0.3, 0.4) is 0 Å². The number of methoxy groups -OCH3 is 1. The Morgan fingerprint density at radius 3 is 2.88 bits per heavy atom. The molecule has 102 valence electrons. The summed E-state index contributed by atoms with van der Waals surface area (Å²) in [5.74, 6) is 0.715. The zero-order valence-electron chi connectivity index (χ0n) is 11.5. The van der Waals surface area contributed by atoms with Crippen LogP contribution in [0.25, 0.3) is 0 Å². The minimum absolute atomic E-state index is 0.221. The molecule has 1 aliphatic rings. The molecule has 1 rings (SSSR count). The largest absolute Gasteiger partial charge is 0.396 e. The summed E-state index contributed by atoms with van der Waals surface area (Å²) < 4.78 is 5.18. The summed E-state index contributed by atoms with van der Waals surface area (Å²) in [6.45, 7) is 5.55. The van der Waals surface area contributed by atoms with E-state index in [9.17, 15) is 0 Å². The van der Waals surface area contributed by atoms with Gasteiger partial charge in [0.25, 0.3) is 0 Å². The summed E-state index contributed by atoms with van der Waals surface area (Å²) >= 11 is 0. The molecule has 0 spiro atoms. The van der Waals surface area contributed by atoms with Gasteiger partial charge in [0.1, 0.15) is 0 Å². The monoisotopic (exact) mass is 244 g/mol. The van der Waals surface area contributed by atoms with Crippen molar-refractivity contribution in [3.8, 4) is 0 Å². The first-order chi connectivity index (χ1) is 8.17. The lowest BCUT2D eigenvalue weighted by atomic mass is 9.91. The van der Waals surface area contributed by atoms with Crippen molar-refractivity contribution >= 4 is 0 Å². The van der Waals surface area contributed by atoms with Crippen LogP contribution in [-0.4, -0.2) is 62.6 Å². The number of nitrogens with one attached hydrogen (secondary N) is 1. The number of likely N-dealkylation sites (tertiary alicyclic amines) is 1. The van der Waals surface area contributed by atoms with Crippen molar-refractivity contribution in [1.82, 2.24) is 10.2 Å². The highest BCUT2D eigenvalue weighted by molar-refractivity contribution is 4.81. The molecule has 1 aliphatic heterocycles. The van der Waals surface area contributed by atoms with E-state index in [-0.39, 0.29) is 12.6 Å². The van der Waals surface area contributed by atoms with Crippen LogP contribution in [-0.2, 0) is 4.74 Å². The standard InChI is InChI=1S/C13H28N2O2/c1-11(12-5-4-7-15(2)9-12)14-13(6-8-16)10-17-3/h11-14,16H,4-10H2,1-3H3. The van der Waals surface area contributed by atoms with Crippen LogP contribution in [0.5, 0.6) is 0 Å². The van der Waals surface area contributed by atoms with Gasteiger partial charge in [-0.25, -0.2) is 0 Å². The molecular formula is C13H28N2O2. The van der Waals surface area contributed by atoms with Crippen LogP contribution in [0.15, 0.2) is 0 Å². The van der Waals surface area contributed by atoms with E-state index >= 15 is 0 Å². The van der Waals surface area contributed by atoms with Gasteiger partial charge in [-0.15, -0.1) is 0 Å². The van der Waals surface area contributed by atoms with Crippen molar-refractivity contribution in [2.24, 2.45) is 5.92 Å². The first-order valence-corrected chi connectivity index (χ1v) is 6.71. The molecule has 1 saturated heterocycles. The summed E-state index contributed by atoms with van der Waals surface area (Å²) in [6.07, 6.45) is 3.36. The zero-order chi connectivity index (χ0) is 12.7. The van der Waals surface area contributed by atoms with Crippen LogP contribution in [0, 0.1) is 5.92 Å². The van der Waals surface area contributed by atoms with Crippen LogP contribution in [0.2, 0.25) is 0 Å². The maximum atomic E-state index is 9.02. The molecule has 3 atom stereocenters. The fourth-order valence-corrected chi connectivity index (χ4v) is 2.69. The lowest BCUT2D eigenvalue weighted by Crippen LogP contribution is -2.48. The Morgan fingerprint density at radius 2 is 2.29 bits per heavy atom. The van der Waals surface area contributed by atoms with E-state index in [4.69, 9.17) is 9.84 Å². The molecule has 0 aromatic heterocycles. The SMILES string of the molecule is COCC(CCO)NC(C)C1CCCN(C)C1. The number of aliphatic hydroxyl groups is 1. The Balaban J connectivity index is 2.36. The Morgan fingerprint density at radius 1 is 1.53 bits per heavy atom. The van der Waals surface area contributed by atoms with Crippen LogP contribution in [0.4, 0.5) is 0 Å². The molecular weight excluding hydrogens is 216 g/mol. The minimum atomic E-state index is 0.221. The molecule has 1 heterocycles. The van der Waals surface area contributed by atoms with Gasteiger partial charge in [0.05, 0.1) is 6.61 Å². The van der Waals surface area contributed by atoms with Crippen LogP contribution < -0.4 is 5.32 Å². The number of rotatable bonds is 7. The molecule has 0 bridgehead atoms.